The molecule has 4 nitrogen and oxygen atoms in total. The summed E-state index contributed by atoms with van der Waals surface area (Å²) in [5.41, 5.74) is 1.07. The summed E-state index contributed by atoms with van der Waals surface area (Å²) in [6, 6.07) is 9.18. The zero-order valence-electron chi connectivity index (χ0n) is 15.4. The predicted molar refractivity (Wildman–Crippen MR) is 99.2 cm³/mol. The van der Waals surface area contributed by atoms with Gasteiger partial charge in [-0.15, -0.1) is 0 Å². The molecular weight excluding hydrogens is 326 g/mol. The van der Waals surface area contributed by atoms with Gasteiger partial charge in [-0.25, -0.2) is 0 Å². The van der Waals surface area contributed by atoms with Gasteiger partial charge >= 0.3 is 0 Å². The summed E-state index contributed by atoms with van der Waals surface area (Å²) in [6.45, 7) is 4.08. The highest BCUT2D eigenvalue weighted by Crippen LogP contribution is 2.43. The van der Waals surface area contributed by atoms with Crippen LogP contribution in [0.3, 0.4) is 0 Å². The molecule has 0 bridgehead atoms. The molecule has 4 heteroatoms. The van der Waals surface area contributed by atoms with Crippen LogP contribution in [0.2, 0.25) is 0 Å². The molecule has 3 saturated carbocycles. The molecule has 3 fully saturated rings. The van der Waals surface area contributed by atoms with E-state index in [9.17, 15) is 14.4 Å². The molecule has 136 valence electrons. The number of aliphatic imine (C=N–C) groups is 1. The SMILES string of the molecule is CC1C(N=C2C(=O)C3CCCCC3C2=O)C(=O)C(c2ccccc2)C1C. The second-order valence-corrected chi connectivity index (χ2v) is 8.16. The summed E-state index contributed by atoms with van der Waals surface area (Å²) < 4.78 is 0. The van der Waals surface area contributed by atoms with Crippen molar-refractivity contribution in [2.24, 2.45) is 28.7 Å². The fourth-order valence-corrected chi connectivity index (χ4v) is 5.10. The number of carbonyl (C=O) groups is 3. The number of fused-ring (bicyclic) bond motifs is 1. The minimum Gasteiger partial charge on any atom is -0.297 e. The number of benzene rings is 1. The monoisotopic (exact) mass is 351 g/mol. The van der Waals surface area contributed by atoms with Gasteiger partial charge in [0.2, 0.25) is 0 Å². The zero-order chi connectivity index (χ0) is 18.4. The third-order valence-corrected chi connectivity index (χ3v) is 6.78. The van der Waals surface area contributed by atoms with Crippen molar-refractivity contribution in [3.05, 3.63) is 35.9 Å². The average molecular weight is 351 g/mol. The van der Waals surface area contributed by atoms with Gasteiger partial charge in [0.05, 0.1) is 0 Å². The number of carbonyl (C=O) groups excluding carboxylic acids is 3. The van der Waals surface area contributed by atoms with Crippen molar-refractivity contribution in [2.75, 3.05) is 0 Å². The molecule has 4 rings (SSSR count). The van der Waals surface area contributed by atoms with Crippen molar-refractivity contribution in [1.29, 1.82) is 0 Å². The number of nitrogens with zero attached hydrogens (tertiary/aromatic N) is 1. The van der Waals surface area contributed by atoms with E-state index in [1.165, 1.54) is 0 Å². The van der Waals surface area contributed by atoms with E-state index in [0.717, 1.165) is 31.2 Å². The smallest absolute Gasteiger partial charge is 0.188 e. The average Bonchev–Trinajstić information content (AvgIpc) is 3.03. The largest absolute Gasteiger partial charge is 0.297 e. The topological polar surface area (TPSA) is 63.6 Å². The molecule has 6 atom stereocenters. The van der Waals surface area contributed by atoms with E-state index >= 15 is 0 Å². The molecule has 0 aliphatic heterocycles. The first-order chi connectivity index (χ1) is 12.5. The van der Waals surface area contributed by atoms with E-state index in [4.69, 9.17) is 0 Å². The standard InChI is InChI=1S/C22H25NO3/c1-12-13(2)18(22(26)17(12)14-8-4-3-5-9-14)23-19-20(24)15-10-6-7-11-16(15)21(19)25/h3-5,8-9,12-13,15-18H,6-7,10-11H2,1-2H3. The molecule has 3 aliphatic carbocycles. The molecule has 26 heavy (non-hydrogen) atoms. The van der Waals surface area contributed by atoms with Gasteiger partial charge in [0.25, 0.3) is 0 Å². The first-order valence-corrected chi connectivity index (χ1v) is 9.75. The van der Waals surface area contributed by atoms with Gasteiger partial charge in [-0.3, -0.25) is 19.4 Å². The molecule has 0 N–H and O–H groups in total. The first kappa shape index (κ1) is 17.3. The maximum Gasteiger partial charge on any atom is 0.188 e. The Balaban J connectivity index is 1.66. The lowest BCUT2D eigenvalue weighted by molar-refractivity contribution is -0.120. The van der Waals surface area contributed by atoms with Gasteiger partial charge in [-0.2, -0.15) is 0 Å². The van der Waals surface area contributed by atoms with E-state index in [0.29, 0.717) is 0 Å². The highest BCUT2D eigenvalue weighted by molar-refractivity contribution is 6.70. The number of rotatable bonds is 2. The van der Waals surface area contributed by atoms with Crippen LogP contribution in [0.5, 0.6) is 0 Å². The lowest BCUT2D eigenvalue weighted by Gasteiger charge is -2.20. The molecule has 0 heterocycles. The number of hydrogen-bond acceptors (Lipinski definition) is 4. The van der Waals surface area contributed by atoms with Crippen LogP contribution in [0.1, 0.15) is 51.0 Å². The normalized spacial score (nSPS) is 37.2. The van der Waals surface area contributed by atoms with Gasteiger partial charge in [0.1, 0.15) is 11.8 Å². The predicted octanol–water partition coefficient (Wildman–Crippen LogP) is 3.39. The quantitative estimate of drug-likeness (QED) is 0.820. The van der Waals surface area contributed by atoms with Crippen LogP contribution in [0.4, 0.5) is 0 Å². The van der Waals surface area contributed by atoms with E-state index in [1.807, 2.05) is 37.3 Å². The van der Waals surface area contributed by atoms with Gasteiger partial charge < -0.3 is 0 Å². The third-order valence-electron chi connectivity index (χ3n) is 6.78. The van der Waals surface area contributed by atoms with Gasteiger partial charge in [-0.05, 0) is 30.2 Å². The van der Waals surface area contributed by atoms with E-state index in [2.05, 4.69) is 11.9 Å². The number of ketones is 3. The van der Waals surface area contributed by atoms with E-state index < -0.39 is 6.04 Å². The van der Waals surface area contributed by atoms with Crippen molar-refractivity contribution < 1.29 is 14.4 Å². The molecular formula is C22H25NO3. The second kappa shape index (κ2) is 6.57. The fourth-order valence-electron chi connectivity index (χ4n) is 5.10. The molecule has 1 aromatic rings. The molecule has 0 amide bonds. The van der Waals surface area contributed by atoms with Crippen LogP contribution in [0.25, 0.3) is 0 Å². The Bertz CT molecular complexity index is 756. The lowest BCUT2D eigenvalue weighted by atomic mass is 9.81. The van der Waals surface area contributed by atoms with Crippen LogP contribution in [-0.4, -0.2) is 29.1 Å². The number of hydrogen-bond donors (Lipinski definition) is 0. The Hall–Kier alpha value is -2.10. The van der Waals surface area contributed by atoms with Crippen molar-refractivity contribution in [3.8, 4) is 0 Å². The van der Waals surface area contributed by atoms with Crippen LogP contribution in [0.15, 0.2) is 35.3 Å². The second-order valence-electron chi connectivity index (χ2n) is 8.16. The van der Waals surface area contributed by atoms with Crippen LogP contribution in [0, 0.1) is 23.7 Å². The zero-order valence-corrected chi connectivity index (χ0v) is 15.4. The molecule has 6 unspecified atom stereocenters. The number of Topliss-reactive ketones (excluding diaryl/α,β-unsaturated/α-hetero) is 3. The van der Waals surface area contributed by atoms with Crippen molar-refractivity contribution in [3.63, 3.8) is 0 Å². The molecule has 1 aromatic carbocycles. The van der Waals surface area contributed by atoms with Crippen molar-refractivity contribution >= 4 is 23.1 Å². The summed E-state index contributed by atoms with van der Waals surface area (Å²) in [4.78, 5) is 43.1. The minimum atomic E-state index is -0.585. The minimum absolute atomic E-state index is 0.0171. The summed E-state index contributed by atoms with van der Waals surface area (Å²) in [6.07, 6.45) is 3.57. The third kappa shape index (κ3) is 2.58. The summed E-state index contributed by atoms with van der Waals surface area (Å²) >= 11 is 0. The van der Waals surface area contributed by atoms with Crippen LogP contribution < -0.4 is 0 Å². The lowest BCUT2D eigenvalue weighted by Crippen LogP contribution is -2.26. The van der Waals surface area contributed by atoms with Gasteiger partial charge in [0.15, 0.2) is 17.3 Å². The van der Waals surface area contributed by atoms with Crippen molar-refractivity contribution in [1.82, 2.24) is 0 Å². The Labute approximate surface area is 154 Å². The Kier molecular flexibility index (Phi) is 4.37. The van der Waals surface area contributed by atoms with Crippen LogP contribution in [-0.2, 0) is 14.4 Å². The highest BCUT2D eigenvalue weighted by Gasteiger charge is 2.51. The molecule has 3 aliphatic rings. The Morgan fingerprint density at radius 2 is 1.42 bits per heavy atom. The van der Waals surface area contributed by atoms with E-state index in [1.54, 1.807) is 0 Å². The summed E-state index contributed by atoms with van der Waals surface area (Å²) in [7, 11) is 0. The van der Waals surface area contributed by atoms with Crippen LogP contribution >= 0.6 is 0 Å². The van der Waals surface area contributed by atoms with E-state index in [-0.39, 0.29) is 52.7 Å². The molecule has 0 aromatic heterocycles. The Morgan fingerprint density at radius 1 is 0.846 bits per heavy atom. The molecule has 0 spiro atoms. The van der Waals surface area contributed by atoms with Gasteiger partial charge in [0, 0.05) is 17.8 Å². The van der Waals surface area contributed by atoms with Crippen molar-refractivity contribution in [2.45, 2.75) is 51.5 Å². The highest BCUT2D eigenvalue weighted by atomic mass is 16.2. The maximum absolute atomic E-state index is 13.1. The van der Waals surface area contributed by atoms with Gasteiger partial charge in [-0.1, -0.05) is 57.0 Å². The molecule has 0 saturated heterocycles. The summed E-state index contributed by atoms with van der Waals surface area (Å²) in [5, 5.41) is 0. The Morgan fingerprint density at radius 3 is 2.00 bits per heavy atom. The summed E-state index contributed by atoms with van der Waals surface area (Å²) in [5.74, 6) is -0.635. The first-order valence-electron chi connectivity index (χ1n) is 9.75. The maximum atomic E-state index is 13.1. The molecule has 0 radical (unpaired) electrons. The fraction of sp³-hybridized carbons (Fsp3) is 0.545.